The lowest BCUT2D eigenvalue weighted by Gasteiger charge is -2.15. The lowest BCUT2D eigenvalue weighted by atomic mass is 10.0. The number of amides is 1. The third-order valence-corrected chi connectivity index (χ3v) is 5.19. The first kappa shape index (κ1) is 18.0. The smallest absolute Gasteiger partial charge is 0.227 e. The van der Waals surface area contributed by atoms with E-state index >= 15 is 0 Å². The molecule has 28 heavy (non-hydrogen) atoms. The Bertz CT molecular complexity index is 1130. The van der Waals surface area contributed by atoms with E-state index in [1.807, 2.05) is 61.2 Å². The summed E-state index contributed by atoms with van der Waals surface area (Å²) in [5.41, 5.74) is 6.09. The number of hydrogen-bond donors (Lipinski definition) is 0. The summed E-state index contributed by atoms with van der Waals surface area (Å²) in [5.74, 6) is 0.0494. The summed E-state index contributed by atoms with van der Waals surface area (Å²) in [6, 6.07) is 14.0. The molecule has 0 radical (unpaired) electrons. The van der Waals surface area contributed by atoms with Gasteiger partial charge < -0.3 is 9.32 Å². The Morgan fingerprint density at radius 1 is 1.14 bits per heavy atom. The monoisotopic (exact) mass is 373 g/mol. The fourth-order valence-electron chi connectivity index (χ4n) is 3.35. The zero-order chi connectivity index (χ0) is 19.7. The van der Waals surface area contributed by atoms with Gasteiger partial charge in [-0.15, -0.1) is 0 Å². The molecule has 2 aromatic carbocycles. The topological polar surface area (TPSA) is 51.3 Å². The van der Waals surface area contributed by atoms with Gasteiger partial charge in [0.25, 0.3) is 0 Å². The van der Waals surface area contributed by atoms with E-state index < -0.39 is 0 Å². The van der Waals surface area contributed by atoms with E-state index in [0.29, 0.717) is 13.0 Å². The maximum Gasteiger partial charge on any atom is 0.227 e. The van der Waals surface area contributed by atoms with Crippen LogP contribution >= 0.6 is 0 Å². The average molecular weight is 373 g/mol. The quantitative estimate of drug-likeness (QED) is 0.520. The molecule has 0 aliphatic rings. The van der Waals surface area contributed by atoms with Crippen LogP contribution in [0.3, 0.4) is 0 Å². The van der Waals surface area contributed by atoms with Gasteiger partial charge in [0.05, 0.1) is 24.6 Å². The molecule has 0 saturated heterocycles. The van der Waals surface area contributed by atoms with Crippen LogP contribution in [0.25, 0.3) is 16.7 Å². The molecule has 2 heterocycles. The van der Waals surface area contributed by atoms with Crippen molar-refractivity contribution in [2.45, 2.75) is 26.8 Å². The van der Waals surface area contributed by atoms with Crippen molar-refractivity contribution in [1.29, 1.82) is 0 Å². The van der Waals surface area contributed by atoms with Gasteiger partial charge in [0.15, 0.2) is 0 Å². The molecule has 0 aliphatic carbocycles. The van der Waals surface area contributed by atoms with E-state index in [0.717, 1.165) is 33.3 Å². The number of carbonyl (C=O) groups is 1. The summed E-state index contributed by atoms with van der Waals surface area (Å²) >= 11 is 0. The lowest BCUT2D eigenvalue weighted by Crippen LogP contribution is -2.27. The Kier molecular flexibility index (Phi) is 4.74. The van der Waals surface area contributed by atoms with Crippen molar-refractivity contribution in [3.05, 3.63) is 83.4 Å². The van der Waals surface area contributed by atoms with E-state index in [1.165, 1.54) is 5.56 Å². The van der Waals surface area contributed by atoms with Crippen LogP contribution in [0.5, 0.6) is 0 Å². The number of carbonyl (C=O) groups excluding carboxylic acids is 1. The van der Waals surface area contributed by atoms with Crippen molar-refractivity contribution >= 4 is 16.9 Å². The van der Waals surface area contributed by atoms with Gasteiger partial charge in [-0.2, -0.15) is 5.10 Å². The minimum absolute atomic E-state index is 0.0494. The van der Waals surface area contributed by atoms with E-state index in [4.69, 9.17) is 4.42 Å². The van der Waals surface area contributed by atoms with Crippen LogP contribution in [-0.4, -0.2) is 27.6 Å². The van der Waals surface area contributed by atoms with Crippen LogP contribution in [0.4, 0.5) is 0 Å². The Hall–Kier alpha value is -3.34. The van der Waals surface area contributed by atoms with Crippen molar-refractivity contribution in [3.8, 4) is 5.69 Å². The van der Waals surface area contributed by atoms with Crippen LogP contribution in [0, 0.1) is 13.8 Å². The molecule has 0 saturated carbocycles. The highest BCUT2D eigenvalue weighted by Gasteiger charge is 2.16. The van der Waals surface area contributed by atoms with Crippen molar-refractivity contribution in [2.24, 2.45) is 0 Å². The minimum Gasteiger partial charge on any atom is -0.464 e. The number of hydrogen-bond acceptors (Lipinski definition) is 3. The molecule has 4 aromatic rings. The van der Waals surface area contributed by atoms with Gasteiger partial charge in [-0.1, -0.05) is 30.3 Å². The third-order valence-electron chi connectivity index (χ3n) is 5.19. The Morgan fingerprint density at radius 3 is 2.71 bits per heavy atom. The summed E-state index contributed by atoms with van der Waals surface area (Å²) in [4.78, 5) is 14.5. The zero-order valence-corrected chi connectivity index (χ0v) is 16.3. The van der Waals surface area contributed by atoms with Crippen LogP contribution in [-0.2, 0) is 17.8 Å². The van der Waals surface area contributed by atoms with Crippen molar-refractivity contribution in [3.63, 3.8) is 0 Å². The van der Waals surface area contributed by atoms with Gasteiger partial charge in [0.2, 0.25) is 5.91 Å². The maximum atomic E-state index is 12.7. The Morgan fingerprint density at radius 2 is 1.93 bits per heavy atom. The standard InChI is InChI=1S/C23H23N3O2/c1-16-9-10-21-19(15-28-23(21)17(16)2)11-22(27)25(3)13-18-12-24-26(14-18)20-7-5-4-6-8-20/h4-10,12,14-15H,11,13H2,1-3H3. The Balaban J connectivity index is 1.46. The van der Waals surface area contributed by atoms with Crippen LogP contribution in [0.15, 0.2) is 65.5 Å². The van der Waals surface area contributed by atoms with E-state index in [-0.39, 0.29) is 5.91 Å². The average Bonchev–Trinajstić information content (AvgIpc) is 3.33. The molecule has 0 fully saturated rings. The van der Waals surface area contributed by atoms with Crippen molar-refractivity contribution < 1.29 is 9.21 Å². The SMILES string of the molecule is Cc1ccc2c(CC(=O)N(C)Cc3cnn(-c4ccccc4)c3)coc2c1C. The summed E-state index contributed by atoms with van der Waals surface area (Å²) < 4.78 is 7.55. The molecule has 0 bridgehead atoms. The first-order valence-corrected chi connectivity index (χ1v) is 9.32. The highest BCUT2D eigenvalue weighted by atomic mass is 16.3. The molecule has 0 N–H and O–H groups in total. The van der Waals surface area contributed by atoms with E-state index in [1.54, 1.807) is 17.4 Å². The summed E-state index contributed by atoms with van der Waals surface area (Å²) in [6.45, 7) is 4.62. The molecular weight excluding hydrogens is 350 g/mol. The van der Waals surface area contributed by atoms with Crippen molar-refractivity contribution in [1.82, 2.24) is 14.7 Å². The molecule has 1 amide bonds. The fraction of sp³-hybridized carbons (Fsp3) is 0.217. The number of likely N-dealkylation sites (N-methyl/N-ethyl adjacent to an activating group) is 1. The first-order chi connectivity index (χ1) is 13.5. The number of rotatable bonds is 5. The van der Waals surface area contributed by atoms with Gasteiger partial charge in [-0.3, -0.25) is 4.79 Å². The second-order valence-corrected chi connectivity index (χ2v) is 7.20. The van der Waals surface area contributed by atoms with E-state index in [2.05, 4.69) is 18.1 Å². The molecule has 0 spiro atoms. The van der Waals surface area contributed by atoms with Gasteiger partial charge in [-0.05, 0) is 37.1 Å². The van der Waals surface area contributed by atoms with Crippen LogP contribution in [0.1, 0.15) is 22.3 Å². The van der Waals surface area contributed by atoms with Crippen LogP contribution in [0.2, 0.25) is 0 Å². The number of aromatic nitrogens is 2. The van der Waals surface area contributed by atoms with Crippen LogP contribution < -0.4 is 0 Å². The van der Waals surface area contributed by atoms with Gasteiger partial charge in [0.1, 0.15) is 5.58 Å². The minimum atomic E-state index is 0.0494. The predicted octanol–water partition coefficient (Wildman–Crippen LogP) is 4.44. The molecule has 4 rings (SSSR count). The maximum absolute atomic E-state index is 12.7. The molecule has 142 valence electrons. The summed E-state index contributed by atoms with van der Waals surface area (Å²) in [6.07, 6.45) is 5.78. The predicted molar refractivity (Wildman–Crippen MR) is 109 cm³/mol. The number of furan rings is 1. The molecule has 5 nitrogen and oxygen atoms in total. The van der Waals surface area contributed by atoms with Gasteiger partial charge >= 0.3 is 0 Å². The number of aryl methyl sites for hydroxylation is 2. The molecule has 0 aliphatic heterocycles. The summed E-state index contributed by atoms with van der Waals surface area (Å²) in [7, 11) is 1.82. The first-order valence-electron chi connectivity index (χ1n) is 9.32. The Labute approximate surface area is 164 Å². The number of fused-ring (bicyclic) bond motifs is 1. The molecule has 5 heteroatoms. The second kappa shape index (κ2) is 7.35. The highest BCUT2D eigenvalue weighted by molar-refractivity contribution is 5.89. The molecular formula is C23H23N3O2. The zero-order valence-electron chi connectivity index (χ0n) is 16.3. The van der Waals surface area contributed by atoms with Crippen molar-refractivity contribution in [2.75, 3.05) is 7.05 Å². The summed E-state index contributed by atoms with van der Waals surface area (Å²) in [5, 5.41) is 5.41. The van der Waals surface area contributed by atoms with Gasteiger partial charge in [-0.25, -0.2) is 4.68 Å². The fourth-order valence-corrected chi connectivity index (χ4v) is 3.35. The lowest BCUT2D eigenvalue weighted by molar-refractivity contribution is -0.129. The third kappa shape index (κ3) is 3.43. The second-order valence-electron chi connectivity index (χ2n) is 7.20. The number of nitrogens with zero attached hydrogens (tertiary/aromatic N) is 3. The molecule has 0 atom stereocenters. The molecule has 0 unspecified atom stereocenters. The highest BCUT2D eigenvalue weighted by Crippen LogP contribution is 2.27. The van der Waals surface area contributed by atoms with Gasteiger partial charge in [0, 0.05) is 36.3 Å². The largest absolute Gasteiger partial charge is 0.464 e. The molecule has 2 aromatic heterocycles. The van der Waals surface area contributed by atoms with E-state index in [9.17, 15) is 4.79 Å². The number of benzene rings is 2. The number of para-hydroxylation sites is 1. The normalized spacial score (nSPS) is 11.1.